The summed E-state index contributed by atoms with van der Waals surface area (Å²) in [5.41, 5.74) is 1.36. The quantitative estimate of drug-likeness (QED) is 0.801. The minimum atomic E-state index is 0.237. The fourth-order valence-electron chi connectivity index (χ4n) is 2.50. The van der Waals surface area contributed by atoms with Gasteiger partial charge >= 0.3 is 0 Å². The van der Waals surface area contributed by atoms with Gasteiger partial charge in [-0.1, -0.05) is 36.4 Å². The van der Waals surface area contributed by atoms with Crippen LogP contribution < -0.4 is 4.74 Å². The van der Waals surface area contributed by atoms with E-state index in [-0.39, 0.29) is 6.10 Å². The van der Waals surface area contributed by atoms with Crippen molar-refractivity contribution in [1.82, 2.24) is 9.88 Å². The summed E-state index contributed by atoms with van der Waals surface area (Å²) in [6.45, 7) is 3.03. The van der Waals surface area contributed by atoms with Gasteiger partial charge < -0.3 is 4.74 Å². The topological polar surface area (TPSA) is 25.4 Å². The second-order valence-electron chi connectivity index (χ2n) is 5.05. The molecule has 1 aromatic carbocycles. The standard InChI is InChI=1S/C16H17BrN2O/c17-15-7-4-8-16(18-15)20-14-9-10-19(12-14)11-13-5-2-1-3-6-13/h1-8,14H,9-12H2. The van der Waals surface area contributed by atoms with Gasteiger partial charge in [-0.3, -0.25) is 4.90 Å². The molecule has 20 heavy (non-hydrogen) atoms. The van der Waals surface area contributed by atoms with Crippen LogP contribution in [0.15, 0.2) is 53.1 Å². The minimum absolute atomic E-state index is 0.237. The van der Waals surface area contributed by atoms with Crippen molar-refractivity contribution in [3.63, 3.8) is 0 Å². The van der Waals surface area contributed by atoms with E-state index in [4.69, 9.17) is 4.74 Å². The first-order valence-corrected chi connectivity index (χ1v) is 7.64. The number of ether oxygens (including phenoxy) is 1. The molecule has 2 heterocycles. The number of hydrogen-bond donors (Lipinski definition) is 0. The molecule has 0 aliphatic carbocycles. The van der Waals surface area contributed by atoms with Gasteiger partial charge in [0.05, 0.1) is 0 Å². The lowest BCUT2D eigenvalue weighted by molar-refractivity contribution is 0.191. The van der Waals surface area contributed by atoms with Crippen molar-refractivity contribution in [3.8, 4) is 5.88 Å². The smallest absolute Gasteiger partial charge is 0.214 e. The Kier molecular flexibility index (Phi) is 4.33. The number of rotatable bonds is 4. The van der Waals surface area contributed by atoms with Crippen LogP contribution >= 0.6 is 15.9 Å². The number of aromatic nitrogens is 1. The van der Waals surface area contributed by atoms with Gasteiger partial charge in [-0.05, 0) is 34.0 Å². The molecule has 1 unspecified atom stereocenters. The Morgan fingerprint density at radius 2 is 2.00 bits per heavy atom. The molecule has 0 amide bonds. The number of pyridine rings is 1. The monoisotopic (exact) mass is 332 g/mol. The Hall–Kier alpha value is -1.39. The van der Waals surface area contributed by atoms with Gasteiger partial charge in [-0.25, -0.2) is 4.98 Å². The molecular weight excluding hydrogens is 316 g/mol. The zero-order valence-corrected chi connectivity index (χ0v) is 12.8. The number of benzene rings is 1. The lowest BCUT2D eigenvalue weighted by atomic mass is 10.2. The Balaban J connectivity index is 1.54. The van der Waals surface area contributed by atoms with Gasteiger partial charge in [0.2, 0.25) is 5.88 Å². The van der Waals surface area contributed by atoms with Gasteiger partial charge in [0.25, 0.3) is 0 Å². The molecule has 1 atom stereocenters. The molecule has 1 aliphatic heterocycles. The van der Waals surface area contributed by atoms with E-state index < -0.39 is 0 Å². The van der Waals surface area contributed by atoms with Crippen LogP contribution in [0, 0.1) is 0 Å². The Morgan fingerprint density at radius 3 is 2.80 bits per heavy atom. The number of hydrogen-bond acceptors (Lipinski definition) is 3. The van der Waals surface area contributed by atoms with Crippen LogP contribution in [0.3, 0.4) is 0 Å². The lowest BCUT2D eigenvalue weighted by Gasteiger charge is -2.16. The SMILES string of the molecule is Brc1cccc(OC2CCN(Cc3ccccc3)C2)n1. The third kappa shape index (κ3) is 3.58. The van der Waals surface area contributed by atoms with Crippen LogP contribution in [0.1, 0.15) is 12.0 Å². The van der Waals surface area contributed by atoms with Crippen LogP contribution in [-0.2, 0) is 6.54 Å². The molecule has 3 nitrogen and oxygen atoms in total. The first kappa shape index (κ1) is 13.6. The molecule has 1 aromatic heterocycles. The van der Waals surface area contributed by atoms with Crippen molar-refractivity contribution in [2.75, 3.05) is 13.1 Å². The average molecular weight is 333 g/mol. The van der Waals surface area contributed by atoms with E-state index in [2.05, 4.69) is 56.1 Å². The molecule has 4 heteroatoms. The molecule has 0 spiro atoms. The van der Waals surface area contributed by atoms with Crippen LogP contribution in [0.25, 0.3) is 0 Å². The fraction of sp³-hybridized carbons (Fsp3) is 0.312. The first-order valence-electron chi connectivity index (χ1n) is 6.85. The highest BCUT2D eigenvalue weighted by molar-refractivity contribution is 9.10. The maximum Gasteiger partial charge on any atom is 0.214 e. The summed E-state index contributed by atoms with van der Waals surface area (Å²) in [5, 5.41) is 0. The van der Waals surface area contributed by atoms with E-state index in [0.29, 0.717) is 5.88 Å². The molecule has 1 saturated heterocycles. The summed E-state index contributed by atoms with van der Waals surface area (Å²) in [7, 11) is 0. The maximum atomic E-state index is 5.94. The zero-order valence-electron chi connectivity index (χ0n) is 11.2. The van der Waals surface area contributed by atoms with Crippen molar-refractivity contribution in [1.29, 1.82) is 0 Å². The molecule has 0 N–H and O–H groups in total. The van der Waals surface area contributed by atoms with Crippen molar-refractivity contribution >= 4 is 15.9 Å². The number of likely N-dealkylation sites (tertiary alicyclic amines) is 1. The van der Waals surface area contributed by atoms with E-state index >= 15 is 0 Å². The maximum absolute atomic E-state index is 5.94. The van der Waals surface area contributed by atoms with E-state index in [1.807, 2.05) is 18.2 Å². The molecule has 1 fully saturated rings. The molecular formula is C16H17BrN2O. The molecule has 0 radical (unpaired) electrons. The van der Waals surface area contributed by atoms with E-state index in [0.717, 1.165) is 30.7 Å². The number of nitrogens with zero attached hydrogens (tertiary/aromatic N) is 2. The lowest BCUT2D eigenvalue weighted by Crippen LogP contribution is -2.24. The largest absolute Gasteiger partial charge is 0.473 e. The summed E-state index contributed by atoms with van der Waals surface area (Å²) in [6, 6.07) is 16.3. The molecule has 3 rings (SSSR count). The first-order chi connectivity index (χ1) is 9.79. The average Bonchev–Trinajstić information content (AvgIpc) is 2.87. The molecule has 0 saturated carbocycles. The Bertz CT molecular complexity index is 561. The summed E-state index contributed by atoms with van der Waals surface area (Å²) in [6.07, 6.45) is 1.29. The van der Waals surface area contributed by atoms with Gasteiger partial charge in [-0.15, -0.1) is 0 Å². The molecule has 104 valence electrons. The summed E-state index contributed by atoms with van der Waals surface area (Å²) in [4.78, 5) is 6.75. The van der Waals surface area contributed by atoms with Gasteiger partial charge in [0, 0.05) is 25.7 Å². The Morgan fingerprint density at radius 1 is 1.15 bits per heavy atom. The normalized spacial score (nSPS) is 19.1. The highest BCUT2D eigenvalue weighted by Crippen LogP contribution is 2.19. The van der Waals surface area contributed by atoms with Crippen molar-refractivity contribution < 1.29 is 4.74 Å². The van der Waals surface area contributed by atoms with Crippen molar-refractivity contribution in [2.24, 2.45) is 0 Å². The summed E-state index contributed by atoms with van der Waals surface area (Å²) in [5.74, 6) is 0.700. The predicted molar refractivity (Wildman–Crippen MR) is 82.7 cm³/mol. The Labute approximate surface area is 127 Å². The van der Waals surface area contributed by atoms with Crippen molar-refractivity contribution in [2.45, 2.75) is 19.1 Å². The van der Waals surface area contributed by atoms with Crippen LogP contribution in [-0.4, -0.2) is 29.1 Å². The molecule has 0 bridgehead atoms. The minimum Gasteiger partial charge on any atom is -0.473 e. The second-order valence-corrected chi connectivity index (χ2v) is 5.86. The highest BCUT2D eigenvalue weighted by Gasteiger charge is 2.24. The highest BCUT2D eigenvalue weighted by atomic mass is 79.9. The molecule has 2 aromatic rings. The third-order valence-electron chi connectivity index (χ3n) is 3.46. The van der Waals surface area contributed by atoms with Gasteiger partial charge in [0.1, 0.15) is 10.7 Å². The zero-order chi connectivity index (χ0) is 13.8. The van der Waals surface area contributed by atoms with E-state index in [1.165, 1.54) is 5.56 Å². The summed E-state index contributed by atoms with van der Waals surface area (Å²) >= 11 is 3.37. The van der Waals surface area contributed by atoms with Gasteiger partial charge in [0.15, 0.2) is 0 Å². The van der Waals surface area contributed by atoms with Gasteiger partial charge in [-0.2, -0.15) is 0 Å². The third-order valence-corrected chi connectivity index (χ3v) is 3.90. The second kappa shape index (κ2) is 6.37. The predicted octanol–water partition coefficient (Wildman–Crippen LogP) is 3.50. The molecule has 1 aliphatic rings. The van der Waals surface area contributed by atoms with Crippen LogP contribution in [0.4, 0.5) is 0 Å². The number of halogens is 1. The van der Waals surface area contributed by atoms with Crippen LogP contribution in [0.2, 0.25) is 0 Å². The van der Waals surface area contributed by atoms with E-state index in [9.17, 15) is 0 Å². The van der Waals surface area contributed by atoms with E-state index in [1.54, 1.807) is 0 Å². The van der Waals surface area contributed by atoms with Crippen molar-refractivity contribution in [3.05, 3.63) is 58.7 Å². The summed E-state index contributed by atoms with van der Waals surface area (Å²) < 4.78 is 6.76. The van der Waals surface area contributed by atoms with Crippen LogP contribution in [0.5, 0.6) is 5.88 Å². The fourth-order valence-corrected chi connectivity index (χ4v) is 2.83.